The average Bonchev–Trinajstić information content (AvgIpc) is 2.74. The molecule has 0 aliphatic heterocycles. The second-order valence-corrected chi connectivity index (χ2v) is 6.33. The number of hydrogen-bond acceptors (Lipinski definition) is 2. The molecule has 100 valence electrons. The van der Waals surface area contributed by atoms with Crippen molar-refractivity contribution in [2.45, 2.75) is 51.5 Å². The van der Waals surface area contributed by atoms with Crippen molar-refractivity contribution < 1.29 is 0 Å². The summed E-state index contributed by atoms with van der Waals surface area (Å²) in [6, 6.07) is 7.26. The summed E-state index contributed by atoms with van der Waals surface area (Å²) in [7, 11) is 0. The van der Waals surface area contributed by atoms with Crippen LogP contribution in [0.15, 0.2) is 18.2 Å². The van der Waals surface area contributed by atoms with E-state index in [1.165, 1.54) is 24.8 Å². The van der Waals surface area contributed by atoms with Gasteiger partial charge in [0.25, 0.3) is 0 Å². The van der Waals surface area contributed by atoms with E-state index in [1.807, 2.05) is 6.92 Å². The van der Waals surface area contributed by atoms with Crippen molar-refractivity contribution in [1.82, 2.24) is 5.32 Å². The predicted molar refractivity (Wildman–Crippen MR) is 78.0 cm³/mol. The molecule has 3 N–H and O–H groups in total. The van der Waals surface area contributed by atoms with Gasteiger partial charge in [-0.3, -0.25) is 0 Å². The molecule has 0 radical (unpaired) electrons. The van der Waals surface area contributed by atoms with E-state index in [2.05, 4.69) is 37.4 Å². The first-order valence-electron chi connectivity index (χ1n) is 7.07. The topological polar surface area (TPSA) is 38.0 Å². The molecule has 2 heteroatoms. The number of nitrogens with two attached hydrogens (primary N) is 1. The van der Waals surface area contributed by atoms with Crippen LogP contribution >= 0.6 is 0 Å². The predicted octanol–water partition coefficient (Wildman–Crippen LogP) is 2.39. The summed E-state index contributed by atoms with van der Waals surface area (Å²) in [4.78, 5) is 0. The van der Waals surface area contributed by atoms with Crippen LogP contribution in [0.4, 0.5) is 0 Å². The monoisotopic (exact) mass is 246 g/mol. The molecule has 1 aromatic rings. The normalized spacial score (nSPS) is 16.7. The molecule has 0 fully saturated rings. The summed E-state index contributed by atoms with van der Waals surface area (Å²) in [6.07, 6.45) is 3.84. The summed E-state index contributed by atoms with van der Waals surface area (Å²) >= 11 is 0. The van der Waals surface area contributed by atoms with Crippen LogP contribution in [0.5, 0.6) is 0 Å². The highest BCUT2D eigenvalue weighted by Crippen LogP contribution is 2.29. The lowest BCUT2D eigenvalue weighted by Crippen LogP contribution is -2.38. The van der Waals surface area contributed by atoms with E-state index in [-0.39, 0.29) is 11.5 Å². The molecule has 0 aromatic heterocycles. The fourth-order valence-electron chi connectivity index (χ4n) is 2.71. The molecule has 0 bridgehead atoms. The first-order valence-corrected chi connectivity index (χ1v) is 7.07. The van der Waals surface area contributed by atoms with Gasteiger partial charge in [-0.25, -0.2) is 0 Å². The molecule has 0 saturated heterocycles. The Hall–Kier alpha value is -0.860. The van der Waals surface area contributed by atoms with E-state index in [0.29, 0.717) is 0 Å². The van der Waals surface area contributed by atoms with E-state index in [9.17, 15) is 0 Å². The van der Waals surface area contributed by atoms with Crippen LogP contribution in [0, 0.1) is 0 Å². The Morgan fingerprint density at radius 1 is 1.28 bits per heavy atom. The Balaban J connectivity index is 2.04. The highest BCUT2D eigenvalue weighted by Gasteiger charge is 2.22. The number of benzene rings is 1. The van der Waals surface area contributed by atoms with E-state index in [1.54, 1.807) is 11.1 Å². The molecule has 1 aromatic carbocycles. The van der Waals surface area contributed by atoms with Crippen LogP contribution in [0.1, 0.15) is 43.9 Å². The molecule has 0 spiro atoms. The van der Waals surface area contributed by atoms with Gasteiger partial charge in [-0.1, -0.05) is 32.0 Å². The standard InChI is InChI=1S/C16H26N2/c1-12(17)10-18-11-16(2,3)15-8-7-13-5-4-6-14(13)9-15/h7-9,12,18H,4-6,10-11,17H2,1-3H3. The third-order valence-corrected chi connectivity index (χ3v) is 3.91. The largest absolute Gasteiger partial charge is 0.327 e. The second-order valence-electron chi connectivity index (χ2n) is 6.33. The van der Waals surface area contributed by atoms with E-state index < -0.39 is 0 Å². The Morgan fingerprint density at radius 3 is 2.72 bits per heavy atom. The van der Waals surface area contributed by atoms with Crippen LogP contribution in [0.25, 0.3) is 0 Å². The molecular weight excluding hydrogens is 220 g/mol. The molecule has 18 heavy (non-hydrogen) atoms. The maximum Gasteiger partial charge on any atom is 0.0136 e. The third-order valence-electron chi connectivity index (χ3n) is 3.91. The molecule has 1 unspecified atom stereocenters. The van der Waals surface area contributed by atoms with Crippen molar-refractivity contribution in [2.24, 2.45) is 5.73 Å². The molecule has 2 rings (SSSR count). The Morgan fingerprint density at radius 2 is 2.00 bits per heavy atom. The maximum absolute atomic E-state index is 5.77. The van der Waals surface area contributed by atoms with Crippen molar-refractivity contribution in [3.8, 4) is 0 Å². The van der Waals surface area contributed by atoms with Gasteiger partial charge in [-0.2, -0.15) is 0 Å². The smallest absolute Gasteiger partial charge is 0.0136 e. The van der Waals surface area contributed by atoms with Crippen molar-refractivity contribution in [3.05, 3.63) is 34.9 Å². The Labute approximate surface area is 111 Å². The van der Waals surface area contributed by atoms with Gasteiger partial charge in [0.2, 0.25) is 0 Å². The van der Waals surface area contributed by atoms with Crippen LogP contribution in [-0.2, 0) is 18.3 Å². The highest BCUT2D eigenvalue weighted by atomic mass is 14.9. The van der Waals surface area contributed by atoms with Crippen molar-refractivity contribution in [1.29, 1.82) is 0 Å². The summed E-state index contributed by atoms with van der Waals surface area (Å²) in [5.74, 6) is 0. The van der Waals surface area contributed by atoms with Crippen LogP contribution < -0.4 is 11.1 Å². The number of rotatable bonds is 5. The highest BCUT2D eigenvalue weighted by molar-refractivity contribution is 5.38. The molecule has 1 aliphatic carbocycles. The minimum atomic E-state index is 0.173. The van der Waals surface area contributed by atoms with E-state index in [0.717, 1.165) is 13.1 Å². The van der Waals surface area contributed by atoms with Crippen LogP contribution in [0.2, 0.25) is 0 Å². The van der Waals surface area contributed by atoms with Gasteiger partial charge in [0.15, 0.2) is 0 Å². The number of hydrogen-bond donors (Lipinski definition) is 2. The van der Waals surface area contributed by atoms with Crippen molar-refractivity contribution in [2.75, 3.05) is 13.1 Å². The van der Waals surface area contributed by atoms with Gasteiger partial charge < -0.3 is 11.1 Å². The lowest BCUT2D eigenvalue weighted by Gasteiger charge is -2.27. The van der Waals surface area contributed by atoms with Gasteiger partial charge in [-0.15, -0.1) is 0 Å². The lowest BCUT2D eigenvalue weighted by atomic mass is 9.83. The summed E-state index contributed by atoms with van der Waals surface area (Å²) in [5.41, 5.74) is 10.5. The Kier molecular flexibility index (Phi) is 4.08. The molecule has 1 atom stereocenters. The van der Waals surface area contributed by atoms with Gasteiger partial charge in [0.1, 0.15) is 0 Å². The SMILES string of the molecule is CC(N)CNCC(C)(C)c1ccc2c(c1)CCC2. The Bertz CT molecular complexity index is 408. The average molecular weight is 246 g/mol. The number of nitrogens with one attached hydrogen (secondary N) is 1. The molecule has 2 nitrogen and oxygen atoms in total. The summed E-state index contributed by atoms with van der Waals surface area (Å²) in [5, 5.41) is 3.47. The maximum atomic E-state index is 5.77. The quantitative estimate of drug-likeness (QED) is 0.837. The number of aryl methyl sites for hydroxylation is 2. The molecule has 0 amide bonds. The van der Waals surface area contributed by atoms with Crippen LogP contribution in [-0.4, -0.2) is 19.1 Å². The molecule has 1 aliphatic rings. The summed E-state index contributed by atoms with van der Waals surface area (Å²) in [6.45, 7) is 8.51. The molecule has 0 saturated carbocycles. The lowest BCUT2D eigenvalue weighted by molar-refractivity contribution is 0.458. The zero-order valence-corrected chi connectivity index (χ0v) is 11.9. The van der Waals surface area contributed by atoms with Crippen LogP contribution in [0.3, 0.4) is 0 Å². The molecular formula is C16H26N2. The fraction of sp³-hybridized carbons (Fsp3) is 0.625. The minimum absolute atomic E-state index is 0.173. The number of fused-ring (bicyclic) bond motifs is 1. The van der Waals surface area contributed by atoms with Gasteiger partial charge in [0.05, 0.1) is 0 Å². The van der Waals surface area contributed by atoms with E-state index >= 15 is 0 Å². The van der Waals surface area contributed by atoms with Crippen molar-refractivity contribution >= 4 is 0 Å². The van der Waals surface area contributed by atoms with Crippen molar-refractivity contribution in [3.63, 3.8) is 0 Å². The van der Waals surface area contributed by atoms with Gasteiger partial charge >= 0.3 is 0 Å². The van der Waals surface area contributed by atoms with E-state index in [4.69, 9.17) is 5.73 Å². The zero-order chi connectivity index (χ0) is 13.2. The molecule has 0 heterocycles. The second kappa shape index (κ2) is 5.41. The third kappa shape index (κ3) is 3.12. The fourth-order valence-corrected chi connectivity index (χ4v) is 2.71. The first-order chi connectivity index (χ1) is 8.49. The zero-order valence-electron chi connectivity index (χ0n) is 11.9. The van der Waals surface area contributed by atoms with Gasteiger partial charge in [0, 0.05) is 24.5 Å². The minimum Gasteiger partial charge on any atom is -0.327 e. The first kappa shape index (κ1) is 13.6. The summed E-state index contributed by atoms with van der Waals surface area (Å²) < 4.78 is 0. The van der Waals surface area contributed by atoms with Gasteiger partial charge in [-0.05, 0) is 42.9 Å².